The van der Waals surface area contributed by atoms with Gasteiger partial charge in [-0.05, 0) is 25.8 Å². The SMILES string of the molecule is CCO[Si](OCC)(C(C)C)C1(CC)COC1. The van der Waals surface area contributed by atoms with Gasteiger partial charge < -0.3 is 13.6 Å². The second kappa shape index (κ2) is 5.62. The van der Waals surface area contributed by atoms with Gasteiger partial charge in [0.15, 0.2) is 0 Å². The number of hydrogen-bond donors (Lipinski definition) is 0. The van der Waals surface area contributed by atoms with E-state index in [0.717, 1.165) is 32.8 Å². The van der Waals surface area contributed by atoms with Crippen LogP contribution in [-0.4, -0.2) is 35.0 Å². The molecule has 0 radical (unpaired) electrons. The first kappa shape index (κ1) is 14.2. The van der Waals surface area contributed by atoms with Crippen molar-refractivity contribution in [1.82, 2.24) is 0 Å². The summed E-state index contributed by atoms with van der Waals surface area (Å²) in [6.07, 6.45) is 1.09. The second-order valence-electron chi connectivity index (χ2n) is 4.81. The molecule has 1 heterocycles. The molecule has 1 aliphatic heterocycles. The Balaban J connectivity index is 2.98. The van der Waals surface area contributed by atoms with Crippen LogP contribution >= 0.6 is 0 Å². The van der Waals surface area contributed by atoms with E-state index in [-0.39, 0.29) is 5.04 Å². The standard InChI is InChI=1S/C12H26O3Si/c1-6-12(9-13-10-12)16(11(4)5,14-7-2)15-8-3/h11H,6-10H2,1-5H3. The first-order valence-corrected chi connectivity index (χ1v) is 8.33. The molecule has 0 aromatic heterocycles. The first-order chi connectivity index (χ1) is 7.58. The normalized spacial score (nSPS) is 19.9. The molecule has 0 amide bonds. The number of hydrogen-bond acceptors (Lipinski definition) is 3. The molecule has 4 heteroatoms. The van der Waals surface area contributed by atoms with E-state index in [1.54, 1.807) is 0 Å². The minimum atomic E-state index is -2.16. The van der Waals surface area contributed by atoms with Gasteiger partial charge in [-0.2, -0.15) is 0 Å². The lowest BCUT2D eigenvalue weighted by atomic mass is 10.0. The van der Waals surface area contributed by atoms with Crippen LogP contribution in [0, 0.1) is 0 Å². The van der Waals surface area contributed by atoms with E-state index >= 15 is 0 Å². The van der Waals surface area contributed by atoms with E-state index in [4.69, 9.17) is 13.6 Å². The molecule has 0 N–H and O–H groups in total. The van der Waals surface area contributed by atoms with Gasteiger partial charge in [0.1, 0.15) is 0 Å². The van der Waals surface area contributed by atoms with Crippen molar-refractivity contribution in [3.05, 3.63) is 0 Å². The first-order valence-electron chi connectivity index (χ1n) is 6.44. The van der Waals surface area contributed by atoms with Crippen LogP contribution < -0.4 is 0 Å². The zero-order chi connectivity index (χ0) is 12.2. The third kappa shape index (κ3) is 2.08. The second-order valence-corrected chi connectivity index (χ2v) is 8.94. The predicted molar refractivity (Wildman–Crippen MR) is 67.9 cm³/mol. The van der Waals surface area contributed by atoms with Crippen LogP contribution in [0.2, 0.25) is 10.6 Å². The molecule has 0 spiro atoms. The van der Waals surface area contributed by atoms with Crippen molar-refractivity contribution >= 4 is 8.56 Å². The van der Waals surface area contributed by atoms with Crippen LogP contribution in [0.1, 0.15) is 41.0 Å². The molecule has 0 atom stereocenters. The van der Waals surface area contributed by atoms with Crippen molar-refractivity contribution in [2.45, 2.75) is 51.6 Å². The van der Waals surface area contributed by atoms with Crippen molar-refractivity contribution in [1.29, 1.82) is 0 Å². The molecule has 1 rings (SSSR count). The summed E-state index contributed by atoms with van der Waals surface area (Å²) >= 11 is 0. The van der Waals surface area contributed by atoms with E-state index in [0.29, 0.717) is 5.54 Å². The lowest BCUT2D eigenvalue weighted by molar-refractivity contribution is -0.0545. The van der Waals surface area contributed by atoms with Crippen LogP contribution in [0.25, 0.3) is 0 Å². The average molecular weight is 246 g/mol. The summed E-state index contributed by atoms with van der Waals surface area (Å²) in [6.45, 7) is 13.9. The summed E-state index contributed by atoms with van der Waals surface area (Å²) < 4.78 is 17.8. The highest BCUT2D eigenvalue weighted by Crippen LogP contribution is 2.53. The van der Waals surface area contributed by atoms with E-state index < -0.39 is 8.56 Å². The van der Waals surface area contributed by atoms with Gasteiger partial charge in [0.25, 0.3) is 0 Å². The fourth-order valence-electron chi connectivity index (χ4n) is 2.72. The van der Waals surface area contributed by atoms with Crippen molar-refractivity contribution < 1.29 is 13.6 Å². The molecule has 0 aliphatic carbocycles. The topological polar surface area (TPSA) is 27.7 Å². The van der Waals surface area contributed by atoms with Crippen molar-refractivity contribution in [2.24, 2.45) is 0 Å². The summed E-state index contributed by atoms with van der Waals surface area (Å²) in [5.74, 6) is 0. The molecule has 16 heavy (non-hydrogen) atoms. The Morgan fingerprint density at radius 1 is 1.12 bits per heavy atom. The highest BCUT2D eigenvalue weighted by Gasteiger charge is 2.62. The van der Waals surface area contributed by atoms with Crippen molar-refractivity contribution in [3.8, 4) is 0 Å². The van der Waals surface area contributed by atoms with Crippen LogP contribution in [0.3, 0.4) is 0 Å². The molecular weight excluding hydrogens is 220 g/mol. The maximum absolute atomic E-state index is 6.17. The predicted octanol–water partition coefficient (Wildman–Crippen LogP) is 3.09. The van der Waals surface area contributed by atoms with Gasteiger partial charge in [-0.25, -0.2) is 0 Å². The Kier molecular flexibility index (Phi) is 4.98. The van der Waals surface area contributed by atoms with Crippen LogP contribution in [0.5, 0.6) is 0 Å². The van der Waals surface area contributed by atoms with Crippen molar-refractivity contribution in [3.63, 3.8) is 0 Å². The summed E-state index contributed by atoms with van der Waals surface area (Å²) in [4.78, 5) is 0. The van der Waals surface area contributed by atoms with Gasteiger partial charge >= 0.3 is 8.56 Å². The Morgan fingerprint density at radius 2 is 1.62 bits per heavy atom. The van der Waals surface area contributed by atoms with Crippen molar-refractivity contribution in [2.75, 3.05) is 26.4 Å². The van der Waals surface area contributed by atoms with Gasteiger partial charge in [0, 0.05) is 13.2 Å². The maximum Gasteiger partial charge on any atom is 0.351 e. The molecule has 0 saturated carbocycles. The Labute approximate surface area is 101 Å². The quantitative estimate of drug-likeness (QED) is 0.646. The monoisotopic (exact) mass is 246 g/mol. The average Bonchev–Trinajstić information content (AvgIpc) is 2.16. The minimum Gasteiger partial charge on any atom is -0.394 e. The lowest BCUT2D eigenvalue weighted by Crippen LogP contribution is -2.63. The molecule has 3 nitrogen and oxygen atoms in total. The summed E-state index contributed by atoms with van der Waals surface area (Å²) in [5, 5.41) is 0.174. The molecular formula is C12H26O3Si. The van der Waals surface area contributed by atoms with Crippen LogP contribution in [-0.2, 0) is 13.6 Å². The number of rotatable bonds is 7. The highest BCUT2D eigenvalue weighted by atomic mass is 28.4. The minimum absolute atomic E-state index is 0.174. The Hall–Kier alpha value is 0.0969. The van der Waals surface area contributed by atoms with E-state index in [1.165, 1.54) is 0 Å². The van der Waals surface area contributed by atoms with Crippen LogP contribution in [0.4, 0.5) is 0 Å². The van der Waals surface area contributed by atoms with E-state index in [1.807, 2.05) is 0 Å². The molecule has 0 unspecified atom stereocenters. The molecule has 0 aromatic carbocycles. The molecule has 1 aliphatic rings. The zero-order valence-electron chi connectivity index (χ0n) is 11.3. The van der Waals surface area contributed by atoms with Gasteiger partial charge in [0.2, 0.25) is 0 Å². The van der Waals surface area contributed by atoms with Crippen LogP contribution in [0.15, 0.2) is 0 Å². The Bertz CT molecular complexity index is 203. The van der Waals surface area contributed by atoms with E-state index in [9.17, 15) is 0 Å². The summed E-state index contributed by atoms with van der Waals surface area (Å²) in [6, 6.07) is 0. The number of ether oxygens (including phenoxy) is 1. The molecule has 1 saturated heterocycles. The van der Waals surface area contributed by atoms with Gasteiger partial charge in [-0.1, -0.05) is 20.8 Å². The molecule has 0 aromatic rings. The largest absolute Gasteiger partial charge is 0.394 e. The Morgan fingerprint density at radius 3 is 1.81 bits per heavy atom. The smallest absolute Gasteiger partial charge is 0.351 e. The third-order valence-corrected chi connectivity index (χ3v) is 8.73. The fraction of sp³-hybridized carbons (Fsp3) is 1.00. The summed E-state index contributed by atoms with van der Waals surface area (Å²) in [5.41, 5.74) is 0.469. The lowest BCUT2D eigenvalue weighted by Gasteiger charge is -2.53. The highest BCUT2D eigenvalue weighted by molar-refractivity contribution is 6.72. The van der Waals surface area contributed by atoms with Gasteiger partial charge in [0.05, 0.1) is 18.3 Å². The summed E-state index contributed by atoms with van der Waals surface area (Å²) in [7, 11) is -2.16. The zero-order valence-corrected chi connectivity index (χ0v) is 12.3. The van der Waals surface area contributed by atoms with E-state index in [2.05, 4.69) is 34.6 Å². The maximum atomic E-state index is 6.17. The van der Waals surface area contributed by atoms with Gasteiger partial charge in [-0.3, -0.25) is 0 Å². The molecule has 1 fully saturated rings. The fourth-order valence-corrected chi connectivity index (χ4v) is 7.27. The van der Waals surface area contributed by atoms with Gasteiger partial charge in [-0.15, -0.1) is 0 Å². The molecule has 96 valence electrons. The third-order valence-electron chi connectivity index (χ3n) is 3.65. The molecule has 0 bridgehead atoms.